The highest BCUT2D eigenvalue weighted by Crippen LogP contribution is 2.50. The third-order valence-corrected chi connectivity index (χ3v) is 5.50. The number of hydrogen-bond acceptors (Lipinski definition) is 6. The van der Waals surface area contributed by atoms with Crippen LogP contribution in [0.3, 0.4) is 0 Å². The zero-order chi connectivity index (χ0) is 20.9. The summed E-state index contributed by atoms with van der Waals surface area (Å²) in [6.07, 6.45) is 0.984. The number of aromatic nitrogens is 2. The third kappa shape index (κ3) is 3.04. The van der Waals surface area contributed by atoms with Gasteiger partial charge in [0.1, 0.15) is 5.82 Å². The SMILES string of the molecule is COc1cccc(C2C3=C(CC(C)(C)CC3=O)Nc3[nH]c(=O)[nH]c(=O)c32)c1OC. The number of rotatable bonds is 3. The standard InChI is InChI=1S/C21H23N3O5/c1-21(2)8-11-15(12(25)9-21)14(10-6-5-7-13(28-3)17(10)29-4)16-18(22-11)23-20(27)24-19(16)26/h5-7,14H,8-9H2,1-4H3,(H3,22,23,24,26,27). The molecule has 0 radical (unpaired) electrons. The van der Waals surface area contributed by atoms with E-state index in [4.69, 9.17) is 9.47 Å². The van der Waals surface area contributed by atoms with Gasteiger partial charge in [0.2, 0.25) is 0 Å². The molecule has 0 bridgehead atoms. The van der Waals surface area contributed by atoms with Gasteiger partial charge in [-0.2, -0.15) is 0 Å². The van der Waals surface area contributed by atoms with E-state index in [1.54, 1.807) is 12.1 Å². The number of nitrogens with one attached hydrogen (secondary N) is 3. The number of carbonyl (C=O) groups excluding carboxylic acids is 1. The first-order chi connectivity index (χ1) is 13.8. The maximum Gasteiger partial charge on any atom is 0.327 e. The molecule has 3 N–H and O–H groups in total. The van der Waals surface area contributed by atoms with E-state index in [-0.39, 0.29) is 16.8 Å². The number of H-pyrrole nitrogens is 2. The van der Waals surface area contributed by atoms with Crippen LogP contribution in [0.5, 0.6) is 11.5 Å². The molecule has 1 aliphatic heterocycles. The number of anilines is 1. The normalized spacial score (nSPS) is 19.9. The van der Waals surface area contributed by atoms with Gasteiger partial charge in [0, 0.05) is 23.3 Å². The molecule has 0 spiro atoms. The Morgan fingerprint density at radius 2 is 1.79 bits per heavy atom. The van der Waals surface area contributed by atoms with Crippen LogP contribution >= 0.6 is 0 Å². The minimum atomic E-state index is -0.685. The number of allylic oxidation sites excluding steroid dienone is 2. The Kier molecular flexibility index (Phi) is 4.37. The van der Waals surface area contributed by atoms with Crippen molar-refractivity contribution in [3.05, 3.63) is 61.4 Å². The number of methoxy groups -OCH3 is 2. The highest BCUT2D eigenvalue weighted by molar-refractivity contribution is 6.01. The van der Waals surface area contributed by atoms with Gasteiger partial charge in [-0.15, -0.1) is 0 Å². The molecule has 1 aliphatic carbocycles. The molecule has 1 unspecified atom stereocenters. The van der Waals surface area contributed by atoms with Crippen LogP contribution in [-0.2, 0) is 4.79 Å². The van der Waals surface area contributed by atoms with Gasteiger partial charge in [-0.3, -0.25) is 19.6 Å². The fourth-order valence-corrected chi connectivity index (χ4v) is 4.40. The van der Waals surface area contributed by atoms with Crippen LogP contribution in [0.15, 0.2) is 39.1 Å². The van der Waals surface area contributed by atoms with E-state index in [2.05, 4.69) is 15.3 Å². The Balaban J connectivity index is 2.06. The van der Waals surface area contributed by atoms with Crippen molar-refractivity contribution < 1.29 is 14.3 Å². The number of Topliss-reactive ketones (excluding diaryl/α,β-unsaturated/α-hetero) is 1. The second-order valence-electron chi connectivity index (χ2n) is 8.17. The summed E-state index contributed by atoms with van der Waals surface area (Å²) in [5, 5.41) is 3.14. The lowest BCUT2D eigenvalue weighted by Crippen LogP contribution is -2.39. The molecule has 4 rings (SSSR count). The molecule has 0 saturated heterocycles. The van der Waals surface area contributed by atoms with Crippen molar-refractivity contribution in [1.29, 1.82) is 0 Å². The Morgan fingerprint density at radius 3 is 2.48 bits per heavy atom. The largest absolute Gasteiger partial charge is 0.493 e. The van der Waals surface area contributed by atoms with Gasteiger partial charge in [0.05, 0.1) is 25.7 Å². The highest BCUT2D eigenvalue weighted by atomic mass is 16.5. The molecule has 29 heavy (non-hydrogen) atoms. The van der Waals surface area contributed by atoms with Gasteiger partial charge in [-0.05, 0) is 17.9 Å². The number of fused-ring (bicyclic) bond motifs is 1. The van der Waals surface area contributed by atoms with Crippen molar-refractivity contribution >= 4 is 11.6 Å². The Hall–Kier alpha value is -3.29. The first-order valence-electron chi connectivity index (χ1n) is 9.36. The maximum absolute atomic E-state index is 13.2. The molecule has 8 nitrogen and oxygen atoms in total. The Morgan fingerprint density at radius 1 is 1.03 bits per heavy atom. The van der Waals surface area contributed by atoms with E-state index in [0.29, 0.717) is 41.3 Å². The molecule has 152 valence electrons. The summed E-state index contributed by atoms with van der Waals surface area (Å²) in [6, 6.07) is 5.35. The van der Waals surface area contributed by atoms with Gasteiger partial charge in [0.25, 0.3) is 5.56 Å². The number of benzene rings is 1. The third-order valence-electron chi connectivity index (χ3n) is 5.50. The quantitative estimate of drug-likeness (QED) is 0.732. The molecular formula is C21H23N3O5. The van der Waals surface area contributed by atoms with Gasteiger partial charge < -0.3 is 14.8 Å². The summed E-state index contributed by atoms with van der Waals surface area (Å²) in [5.74, 6) is 0.530. The fourth-order valence-electron chi connectivity index (χ4n) is 4.40. The summed E-state index contributed by atoms with van der Waals surface area (Å²) in [5.41, 5.74) is 0.773. The molecular weight excluding hydrogens is 374 g/mol. The van der Waals surface area contributed by atoms with Crippen molar-refractivity contribution in [2.45, 2.75) is 32.6 Å². The summed E-state index contributed by atoms with van der Waals surface area (Å²) in [4.78, 5) is 42.9. The van der Waals surface area contributed by atoms with Crippen LogP contribution < -0.4 is 26.0 Å². The second kappa shape index (κ2) is 6.65. The molecule has 1 aromatic carbocycles. The zero-order valence-corrected chi connectivity index (χ0v) is 16.8. The lowest BCUT2D eigenvalue weighted by molar-refractivity contribution is -0.118. The molecule has 0 fully saturated rings. The predicted molar refractivity (Wildman–Crippen MR) is 108 cm³/mol. The Bertz CT molecular complexity index is 1160. The molecule has 2 aliphatic rings. The molecule has 1 aromatic heterocycles. The Labute approximate surface area is 167 Å². The van der Waals surface area contributed by atoms with Crippen LogP contribution in [0.2, 0.25) is 0 Å². The monoisotopic (exact) mass is 397 g/mol. The second-order valence-corrected chi connectivity index (χ2v) is 8.17. The van der Waals surface area contributed by atoms with Gasteiger partial charge in [-0.1, -0.05) is 26.0 Å². The molecule has 2 heterocycles. The number of hydrogen-bond donors (Lipinski definition) is 3. The van der Waals surface area contributed by atoms with Crippen molar-refractivity contribution in [1.82, 2.24) is 9.97 Å². The fraction of sp³-hybridized carbons (Fsp3) is 0.381. The van der Waals surface area contributed by atoms with Crippen LogP contribution in [-0.4, -0.2) is 30.0 Å². The molecule has 2 aromatic rings. The lowest BCUT2D eigenvalue weighted by atomic mass is 9.69. The summed E-state index contributed by atoms with van der Waals surface area (Å²) >= 11 is 0. The number of aromatic amines is 2. The van der Waals surface area contributed by atoms with Crippen molar-refractivity contribution in [2.75, 3.05) is 19.5 Å². The topological polar surface area (TPSA) is 113 Å². The van der Waals surface area contributed by atoms with E-state index in [1.165, 1.54) is 14.2 Å². The van der Waals surface area contributed by atoms with E-state index < -0.39 is 17.2 Å². The van der Waals surface area contributed by atoms with Crippen LogP contribution in [0.4, 0.5) is 5.82 Å². The molecule has 8 heteroatoms. The molecule has 1 atom stereocenters. The van der Waals surface area contributed by atoms with Crippen LogP contribution in [0.25, 0.3) is 0 Å². The summed E-state index contributed by atoms with van der Waals surface area (Å²) in [6.45, 7) is 4.04. The van der Waals surface area contributed by atoms with Crippen molar-refractivity contribution in [3.63, 3.8) is 0 Å². The highest BCUT2D eigenvalue weighted by Gasteiger charge is 2.43. The predicted octanol–water partition coefficient (Wildman–Crippen LogP) is 2.28. The minimum Gasteiger partial charge on any atom is -0.493 e. The first-order valence-corrected chi connectivity index (χ1v) is 9.36. The first kappa shape index (κ1) is 19.0. The number of carbonyl (C=O) groups is 1. The average Bonchev–Trinajstić information content (AvgIpc) is 2.64. The lowest BCUT2D eigenvalue weighted by Gasteiger charge is -2.39. The summed E-state index contributed by atoms with van der Waals surface area (Å²) < 4.78 is 11.0. The average molecular weight is 397 g/mol. The van der Waals surface area contributed by atoms with Gasteiger partial charge in [-0.25, -0.2) is 4.79 Å². The number of para-hydroxylation sites is 1. The van der Waals surface area contributed by atoms with Crippen LogP contribution in [0, 0.1) is 5.41 Å². The van der Waals surface area contributed by atoms with Gasteiger partial charge in [0.15, 0.2) is 17.3 Å². The zero-order valence-electron chi connectivity index (χ0n) is 16.8. The van der Waals surface area contributed by atoms with Crippen molar-refractivity contribution in [2.24, 2.45) is 5.41 Å². The van der Waals surface area contributed by atoms with E-state index in [0.717, 1.165) is 5.70 Å². The number of ether oxygens (including phenoxy) is 2. The van der Waals surface area contributed by atoms with Crippen LogP contribution in [0.1, 0.15) is 43.7 Å². The minimum absolute atomic E-state index is 0.0325. The molecule has 0 saturated carbocycles. The maximum atomic E-state index is 13.2. The summed E-state index contributed by atoms with van der Waals surface area (Å²) in [7, 11) is 3.04. The smallest absolute Gasteiger partial charge is 0.327 e. The van der Waals surface area contributed by atoms with Gasteiger partial charge >= 0.3 is 5.69 Å². The van der Waals surface area contributed by atoms with Crippen molar-refractivity contribution in [3.8, 4) is 11.5 Å². The van der Waals surface area contributed by atoms with E-state index in [9.17, 15) is 14.4 Å². The van der Waals surface area contributed by atoms with E-state index >= 15 is 0 Å². The van der Waals surface area contributed by atoms with E-state index in [1.807, 2.05) is 19.9 Å². The molecule has 0 amide bonds. The number of ketones is 1.